The van der Waals surface area contributed by atoms with Crippen molar-refractivity contribution in [2.45, 2.75) is 26.2 Å². The molecule has 0 amide bonds. The summed E-state index contributed by atoms with van der Waals surface area (Å²) in [4.78, 5) is 19.7. The van der Waals surface area contributed by atoms with Crippen molar-refractivity contribution in [3.05, 3.63) is 47.8 Å². The number of hydrogen-bond acceptors (Lipinski definition) is 3. The number of carboxylic acids is 1. The molecule has 0 aliphatic carbocycles. The molecule has 0 bridgehead atoms. The van der Waals surface area contributed by atoms with Crippen LogP contribution >= 0.6 is 0 Å². The van der Waals surface area contributed by atoms with Crippen molar-refractivity contribution >= 4 is 5.97 Å². The first-order valence-corrected chi connectivity index (χ1v) is 6.37. The van der Waals surface area contributed by atoms with E-state index in [-0.39, 0.29) is 5.69 Å². The Bertz CT molecular complexity index is 568. The second-order valence-electron chi connectivity index (χ2n) is 4.34. The third-order valence-electron chi connectivity index (χ3n) is 2.90. The molecule has 0 aliphatic heterocycles. The van der Waals surface area contributed by atoms with E-state index in [0.29, 0.717) is 17.8 Å². The minimum absolute atomic E-state index is 0.113. The summed E-state index contributed by atoms with van der Waals surface area (Å²) in [6, 6.07) is 9.39. The Labute approximate surface area is 112 Å². The molecule has 1 heterocycles. The summed E-state index contributed by atoms with van der Waals surface area (Å²) in [6.45, 7) is 2.07. The van der Waals surface area contributed by atoms with Gasteiger partial charge < -0.3 is 5.11 Å². The Morgan fingerprint density at radius 2 is 2.00 bits per heavy atom. The standard InChI is InChI=1S/C15H16N2O2/c1-2-3-7-12-10-16-14(17-13(12)15(18)19)11-8-5-4-6-9-11/h4-6,8-10H,2-3,7H2,1H3,(H,18,19). The highest BCUT2D eigenvalue weighted by atomic mass is 16.4. The van der Waals surface area contributed by atoms with Crippen molar-refractivity contribution in [3.8, 4) is 11.4 Å². The number of unbranched alkanes of at least 4 members (excludes halogenated alkanes) is 1. The lowest BCUT2D eigenvalue weighted by atomic mass is 10.1. The Balaban J connectivity index is 2.39. The monoisotopic (exact) mass is 256 g/mol. The van der Waals surface area contributed by atoms with Crippen LogP contribution < -0.4 is 0 Å². The number of nitrogens with zero attached hydrogens (tertiary/aromatic N) is 2. The average Bonchev–Trinajstić information content (AvgIpc) is 2.45. The van der Waals surface area contributed by atoms with Crippen molar-refractivity contribution in [1.82, 2.24) is 9.97 Å². The third-order valence-corrected chi connectivity index (χ3v) is 2.90. The Morgan fingerprint density at radius 3 is 2.63 bits per heavy atom. The number of hydrogen-bond donors (Lipinski definition) is 1. The number of aromatic nitrogens is 2. The fourth-order valence-electron chi connectivity index (χ4n) is 1.87. The van der Waals surface area contributed by atoms with Crippen LogP contribution in [-0.2, 0) is 6.42 Å². The summed E-state index contributed by atoms with van der Waals surface area (Å²) in [6.07, 6.45) is 4.29. The highest BCUT2D eigenvalue weighted by Gasteiger charge is 2.14. The van der Waals surface area contributed by atoms with E-state index in [1.54, 1.807) is 6.20 Å². The van der Waals surface area contributed by atoms with Crippen molar-refractivity contribution in [2.75, 3.05) is 0 Å². The van der Waals surface area contributed by atoms with Crippen LogP contribution in [0.15, 0.2) is 36.5 Å². The quantitative estimate of drug-likeness (QED) is 0.892. The molecular formula is C15H16N2O2. The maximum absolute atomic E-state index is 11.3. The highest BCUT2D eigenvalue weighted by Crippen LogP contribution is 2.17. The summed E-state index contributed by atoms with van der Waals surface area (Å²) < 4.78 is 0. The highest BCUT2D eigenvalue weighted by molar-refractivity contribution is 5.87. The molecule has 1 N–H and O–H groups in total. The summed E-state index contributed by atoms with van der Waals surface area (Å²) in [5, 5.41) is 9.25. The molecule has 1 aromatic carbocycles. The molecule has 0 saturated carbocycles. The minimum Gasteiger partial charge on any atom is -0.477 e. The molecule has 2 rings (SSSR count). The summed E-state index contributed by atoms with van der Waals surface area (Å²) in [7, 11) is 0. The smallest absolute Gasteiger partial charge is 0.354 e. The van der Waals surface area contributed by atoms with Crippen LogP contribution in [0.2, 0.25) is 0 Å². The van der Waals surface area contributed by atoms with Crippen LogP contribution in [-0.4, -0.2) is 21.0 Å². The molecule has 0 fully saturated rings. The Kier molecular flexibility index (Phi) is 4.23. The molecular weight excluding hydrogens is 240 g/mol. The minimum atomic E-state index is -0.995. The van der Waals surface area contributed by atoms with Crippen LogP contribution in [0.3, 0.4) is 0 Å². The zero-order chi connectivity index (χ0) is 13.7. The van der Waals surface area contributed by atoms with E-state index in [1.165, 1.54) is 0 Å². The van der Waals surface area contributed by atoms with E-state index >= 15 is 0 Å². The van der Waals surface area contributed by atoms with Gasteiger partial charge in [0.1, 0.15) is 0 Å². The summed E-state index contributed by atoms with van der Waals surface area (Å²) >= 11 is 0. The Hall–Kier alpha value is -2.23. The fourth-order valence-corrected chi connectivity index (χ4v) is 1.87. The fraction of sp³-hybridized carbons (Fsp3) is 0.267. The average molecular weight is 256 g/mol. The van der Waals surface area contributed by atoms with Gasteiger partial charge in [0.25, 0.3) is 0 Å². The predicted molar refractivity (Wildman–Crippen MR) is 73.0 cm³/mol. The number of benzene rings is 1. The van der Waals surface area contributed by atoms with E-state index in [9.17, 15) is 9.90 Å². The largest absolute Gasteiger partial charge is 0.477 e. The zero-order valence-corrected chi connectivity index (χ0v) is 10.8. The van der Waals surface area contributed by atoms with Crippen molar-refractivity contribution in [1.29, 1.82) is 0 Å². The maximum Gasteiger partial charge on any atom is 0.354 e. The maximum atomic E-state index is 11.3. The van der Waals surface area contributed by atoms with E-state index in [2.05, 4.69) is 16.9 Å². The molecule has 0 spiro atoms. The zero-order valence-electron chi connectivity index (χ0n) is 10.8. The van der Waals surface area contributed by atoms with Crippen LogP contribution in [0.1, 0.15) is 35.8 Å². The van der Waals surface area contributed by atoms with E-state index in [4.69, 9.17) is 0 Å². The Morgan fingerprint density at radius 1 is 1.26 bits per heavy atom. The van der Waals surface area contributed by atoms with E-state index < -0.39 is 5.97 Å². The molecule has 19 heavy (non-hydrogen) atoms. The molecule has 0 aliphatic rings. The van der Waals surface area contributed by atoms with Gasteiger partial charge in [0.2, 0.25) is 0 Å². The third kappa shape index (κ3) is 3.16. The van der Waals surface area contributed by atoms with Gasteiger partial charge in [-0.05, 0) is 12.8 Å². The van der Waals surface area contributed by atoms with Gasteiger partial charge in [-0.3, -0.25) is 0 Å². The van der Waals surface area contributed by atoms with Gasteiger partial charge in [-0.25, -0.2) is 14.8 Å². The lowest BCUT2D eigenvalue weighted by Gasteiger charge is -2.06. The molecule has 0 radical (unpaired) electrons. The van der Waals surface area contributed by atoms with Crippen molar-refractivity contribution in [2.24, 2.45) is 0 Å². The second kappa shape index (κ2) is 6.09. The first-order valence-electron chi connectivity index (χ1n) is 6.37. The molecule has 98 valence electrons. The number of aryl methyl sites for hydroxylation is 1. The molecule has 4 heteroatoms. The van der Waals surface area contributed by atoms with Crippen LogP contribution in [0.4, 0.5) is 0 Å². The van der Waals surface area contributed by atoms with Gasteiger partial charge in [-0.1, -0.05) is 43.7 Å². The van der Waals surface area contributed by atoms with Crippen LogP contribution in [0.5, 0.6) is 0 Å². The SMILES string of the molecule is CCCCc1cnc(-c2ccccc2)nc1C(=O)O. The number of aromatic carboxylic acids is 1. The normalized spacial score (nSPS) is 10.4. The molecule has 0 unspecified atom stereocenters. The van der Waals surface area contributed by atoms with Gasteiger partial charge in [-0.15, -0.1) is 0 Å². The van der Waals surface area contributed by atoms with Gasteiger partial charge in [0.05, 0.1) is 0 Å². The van der Waals surface area contributed by atoms with Gasteiger partial charge in [0, 0.05) is 17.3 Å². The lowest BCUT2D eigenvalue weighted by molar-refractivity contribution is 0.0689. The van der Waals surface area contributed by atoms with Crippen LogP contribution in [0, 0.1) is 0 Å². The van der Waals surface area contributed by atoms with Crippen molar-refractivity contribution < 1.29 is 9.90 Å². The van der Waals surface area contributed by atoms with Crippen LogP contribution in [0.25, 0.3) is 11.4 Å². The first kappa shape index (κ1) is 13.2. The van der Waals surface area contributed by atoms with Gasteiger partial charge in [0.15, 0.2) is 11.5 Å². The summed E-state index contributed by atoms with van der Waals surface area (Å²) in [5.74, 6) is -0.538. The number of rotatable bonds is 5. The molecule has 1 aromatic heterocycles. The molecule has 2 aromatic rings. The topological polar surface area (TPSA) is 63.1 Å². The predicted octanol–water partition coefficient (Wildman–Crippen LogP) is 3.18. The molecule has 0 atom stereocenters. The van der Waals surface area contributed by atoms with E-state index in [0.717, 1.165) is 18.4 Å². The number of carbonyl (C=O) groups is 1. The van der Waals surface area contributed by atoms with E-state index in [1.807, 2.05) is 30.3 Å². The number of carboxylic acid groups (broad SMARTS) is 1. The van der Waals surface area contributed by atoms with Crippen molar-refractivity contribution in [3.63, 3.8) is 0 Å². The van der Waals surface area contributed by atoms with Gasteiger partial charge >= 0.3 is 5.97 Å². The summed E-state index contributed by atoms with van der Waals surface area (Å²) in [5.41, 5.74) is 1.64. The lowest BCUT2D eigenvalue weighted by Crippen LogP contribution is -2.08. The first-order chi connectivity index (χ1) is 9.22. The van der Waals surface area contributed by atoms with Gasteiger partial charge in [-0.2, -0.15) is 0 Å². The molecule has 0 saturated heterocycles. The molecule has 4 nitrogen and oxygen atoms in total. The second-order valence-corrected chi connectivity index (χ2v) is 4.34.